The first-order valence-corrected chi connectivity index (χ1v) is 7.20. The zero-order chi connectivity index (χ0) is 16.2. The normalized spacial score (nSPS) is 11.6. The van der Waals surface area contributed by atoms with Crippen LogP contribution in [0.3, 0.4) is 0 Å². The number of halogens is 2. The molecule has 1 aromatic rings. The maximum absolute atomic E-state index is 12.2. The van der Waals surface area contributed by atoms with Crippen LogP contribution in [0.5, 0.6) is 5.75 Å². The third kappa shape index (κ3) is 7.78. The fraction of sp³-hybridized carbons (Fsp3) is 0.533. The molecule has 0 saturated heterocycles. The van der Waals surface area contributed by atoms with Crippen LogP contribution in [0.1, 0.15) is 18.9 Å². The molecule has 2 N–H and O–H groups in total. The Morgan fingerprint density at radius 2 is 2.14 bits per heavy atom. The van der Waals surface area contributed by atoms with Crippen molar-refractivity contribution in [2.75, 3.05) is 26.8 Å². The van der Waals surface area contributed by atoms with Gasteiger partial charge in [0.2, 0.25) is 0 Å². The number of nitrogens with one attached hydrogen (secondary N) is 2. The number of alkyl halides is 2. The second kappa shape index (κ2) is 10.8. The van der Waals surface area contributed by atoms with Crippen molar-refractivity contribution >= 4 is 5.96 Å². The van der Waals surface area contributed by atoms with E-state index in [1.165, 1.54) is 6.07 Å². The maximum atomic E-state index is 12.2. The van der Waals surface area contributed by atoms with E-state index in [1.807, 2.05) is 13.0 Å². The molecule has 124 valence electrons. The van der Waals surface area contributed by atoms with Gasteiger partial charge >= 0.3 is 6.61 Å². The van der Waals surface area contributed by atoms with Crippen LogP contribution in [0, 0.1) is 0 Å². The largest absolute Gasteiger partial charge is 0.435 e. The first-order valence-electron chi connectivity index (χ1n) is 7.20. The summed E-state index contributed by atoms with van der Waals surface area (Å²) in [5.41, 5.74) is 0.798. The van der Waals surface area contributed by atoms with Crippen molar-refractivity contribution in [3.63, 3.8) is 0 Å². The molecule has 0 unspecified atom stereocenters. The summed E-state index contributed by atoms with van der Waals surface area (Å²) in [5, 5.41) is 6.30. The summed E-state index contributed by atoms with van der Waals surface area (Å²) in [7, 11) is 1.66. The number of aliphatic imine (C=N–C) groups is 1. The highest BCUT2D eigenvalue weighted by Gasteiger charge is 2.04. The first kappa shape index (κ1) is 18.2. The number of hydrogen-bond acceptors (Lipinski definition) is 3. The Hall–Kier alpha value is -1.89. The van der Waals surface area contributed by atoms with Crippen LogP contribution in [0.25, 0.3) is 0 Å². The Morgan fingerprint density at radius 3 is 2.82 bits per heavy atom. The highest BCUT2D eigenvalue weighted by Crippen LogP contribution is 2.16. The Labute approximate surface area is 129 Å². The van der Waals surface area contributed by atoms with Gasteiger partial charge in [0.25, 0.3) is 0 Å². The van der Waals surface area contributed by atoms with E-state index in [4.69, 9.17) is 4.74 Å². The minimum Gasteiger partial charge on any atom is -0.435 e. The fourth-order valence-electron chi connectivity index (χ4n) is 1.76. The molecule has 0 amide bonds. The van der Waals surface area contributed by atoms with E-state index >= 15 is 0 Å². The smallest absolute Gasteiger partial charge is 0.387 e. The maximum Gasteiger partial charge on any atom is 0.387 e. The molecule has 0 aliphatic rings. The lowest BCUT2D eigenvalue weighted by atomic mass is 10.2. The van der Waals surface area contributed by atoms with Crippen LogP contribution < -0.4 is 15.4 Å². The zero-order valence-electron chi connectivity index (χ0n) is 12.9. The highest BCUT2D eigenvalue weighted by atomic mass is 19.3. The van der Waals surface area contributed by atoms with Crippen molar-refractivity contribution in [1.29, 1.82) is 0 Å². The molecular weight excluding hydrogens is 292 g/mol. The summed E-state index contributed by atoms with van der Waals surface area (Å²) in [5.74, 6) is 0.819. The van der Waals surface area contributed by atoms with E-state index in [0.29, 0.717) is 19.1 Å². The third-order valence-corrected chi connectivity index (χ3v) is 2.71. The standard InChI is InChI=1S/C15H23F2N3O2/c1-3-18-15(19-8-5-9-21-2)20-11-12-6-4-7-13(10-12)22-14(16)17/h4,6-7,10,14H,3,5,8-9,11H2,1-2H3,(H2,18,19,20). The average molecular weight is 315 g/mol. The molecule has 0 fully saturated rings. The van der Waals surface area contributed by atoms with E-state index in [2.05, 4.69) is 20.4 Å². The Balaban J connectivity index is 2.57. The van der Waals surface area contributed by atoms with Crippen molar-refractivity contribution in [3.05, 3.63) is 29.8 Å². The Kier molecular flexibility index (Phi) is 8.90. The van der Waals surface area contributed by atoms with Gasteiger partial charge in [-0.3, -0.25) is 0 Å². The minimum atomic E-state index is -2.82. The van der Waals surface area contributed by atoms with Crippen molar-refractivity contribution in [3.8, 4) is 5.75 Å². The lowest BCUT2D eigenvalue weighted by Gasteiger charge is -2.11. The molecule has 0 spiro atoms. The highest BCUT2D eigenvalue weighted by molar-refractivity contribution is 5.79. The molecule has 7 heteroatoms. The SMILES string of the molecule is CCNC(=NCc1cccc(OC(F)F)c1)NCCCOC. The number of methoxy groups -OCH3 is 1. The summed E-state index contributed by atoms with van der Waals surface area (Å²) in [6, 6.07) is 6.54. The Morgan fingerprint density at radius 1 is 1.32 bits per heavy atom. The van der Waals surface area contributed by atoms with E-state index in [9.17, 15) is 8.78 Å². The topological polar surface area (TPSA) is 54.9 Å². The van der Waals surface area contributed by atoms with E-state index in [1.54, 1.807) is 19.2 Å². The van der Waals surface area contributed by atoms with E-state index in [0.717, 1.165) is 25.1 Å². The molecule has 0 aliphatic heterocycles. The zero-order valence-corrected chi connectivity index (χ0v) is 12.9. The van der Waals surface area contributed by atoms with E-state index in [-0.39, 0.29) is 5.75 Å². The van der Waals surface area contributed by atoms with Crippen LogP contribution in [-0.4, -0.2) is 39.4 Å². The molecule has 0 radical (unpaired) electrons. The number of nitrogens with zero attached hydrogens (tertiary/aromatic N) is 1. The van der Waals surface area contributed by atoms with Gasteiger partial charge in [0.1, 0.15) is 5.75 Å². The Bertz CT molecular complexity index is 456. The molecule has 0 bridgehead atoms. The molecule has 0 aromatic heterocycles. The minimum absolute atomic E-state index is 0.140. The lowest BCUT2D eigenvalue weighted by molar-refractivity contribution is -0.0498. The van der Waals surface area contributed by atoms with Crippen LogP contribution in [0.2, 0.25) is 0 Å². The van der Waals surface area contributed by atoms with Crippen molar-refractivity contribution in [1.82, 2.24) is 10.6 Å². The number of guanidine groups is 1. The van der Waals surface area contributed by atoms with Gasteiger partial charge in [-0.1, -0.05) is 12.1 Å². The van der Waals surface area contributed by atoms with Crippen molar-refractivity contribution < 1.29 is 18.3 Å². The molecule has 22 heavy (non-hydrogen) atoms. The summed E-state index contributed by atoms with van der Waals surface area (Å²) in [6.45, 7) is 1.69. The van der Waals surface area contributed by atoms with E-state index < -0.39 is 6.61 Å². The summed E-state index contributed by atoms with van der Waals surface area (Å²) < 4.78 is 33.7. The number of rotatable bonds is 9. The van der Waals surface area contributed by atoms with Gasteiger partial charge in [-0.05, 0) is 31.0 Å². The van der Waals surface area contributed by atoms with Crippen LogP contribution in [0.4, 0.5) is 8.78 Å². The van der Waals surface area contributed by atoms with Crippen LogP contribution in [0.15, 0.2) is 29.3 Å². The predicted octanol–water partition coefficient (Wildman–Crippen LogP) is 2.38. The van der Waals surface area contributed by atoms with Crippen molar-refractivity contribution in [2.45, 2.75) is 26.5 Å². The van der Waals surface area contributed by atoms with Crippen LogP contribution >= 0.6 is 0 Å². The van der Waals surface area contributed by atoms with Gasteiger partial charge in [0.15, 0.2) is 5.96 Å². The predicted molar refractivity (Wildman–Crippen MR) is 82.4 cm³/mol. The van der Waals surface area contributed by atoms with Gasteiger partial charge in [-0.25, -0.2) is 4.99 Å². The molecular formula is C15H23F2N3O2. The molecule has 1 rings (SSSR count). The molecule has 0 atom stereocenters. The lowest BCUT2D eigenvalue weighted by Crippen LogP contribution is -2.38. The van der Waals surface area contributed by atoms with Crippen LogP contribution in [-0.2, 0) is 11.3 Å². The van der Waals surface area contributed by atoms with Gasteiger partial charge in [-0.2, -0.15) is 8.78 Å². The van der Waals surface area contributed by atoms with Gasteiger partial charge in [-0.15, -0.1) is 0 Å². The average Bonchev–Trinajstić information content (AvgIpc) is 2.49. The molecule has 0 heterocycles. The number of benzene rings is 1. The summed E-state index contributed by atoms with van der Waals surface area (Å²) in [4.78, 5) is 4.41. The van der Waals surface area contributed by atoms with Gasteiger partial charge in [0, 0.05) is 26.8 Å². The summed E-state index contributed by atoms with van der Waals surface area (Å²) in [6.07, 6.45) is 0.874. The molecule has 0 aliphatic carbocycles. The second-order valence-electron chi connectivity index (χ2n) is 4.49. The molecule has 0 saturated carbocycles. The monoisotopic (exact) mass is 315 g/mol. The second-order valence-corrected chi connectivity index (χ2v) is 4.49. The first-order chi connectivity index (χ1) is 10.7. The van der Waals surface area contributed by atoms with Gasteiger partial charge in [0.05, 0.1) is 6.54 Å². The fourth-order valence-corrected chi connectivity index (χ4v) is 1.76. The van der Waals surface area contributed by atoms with Gasteiger partial charge < -0.3 is 20.1 Å². The molecule has 5 nitrogen and oxygen atoms in total. The quantitative estimate of drug-likeness (QED) is 0.417. The number of ether oxygens (including phenoxy) is 2. The third-order valence-electron chi connectivity index (χ3n) is 2.71. The summed E-state index contributed by atoms with van der Waals surface area (Å²) >= 11 is 0. The molecule has 1 aromatic carbocycles. The number of hydrogen-bond donors (Lipinski definition) is 2. The van der Waals surface area contributed by atoms with Crippen molar-refractivity contribution in [2.24, 2.45) is 4.99 Å².